The molecule has 4 fully saturated rings. The third-order valence-electron chi connectivity index (χ3n) is 10.9. The first-order valence-corrected chi connectivity index (χ1v) is 16.4. The van der Waals surface area contributed by atoms with E-state index < -0.39 is 29.8 Å². The van der Waals surface area contributed by atoms with E-state index in [9.17, 15) is 28.3 Å². The van der Waals surface area contributed by atoms with Crippen molar-refractivity contribution in [3.63, 3.8) is 0 Å². The summed E-state index contributed by atoms with van der Waals surface area (Å²) >= 11 is 6.73. The first-order valence-electron chi connectivity index (χ1n) is 16.1. The summed E-state index contributed by atoms with van der Waals surface area (Å²) in [6.45, 7) is 3.00. The lowest BCUT2D eigenvalue weighted by Crippen LogP contribution is -2.52. The largest absolute Gasteiger partial charge is 0.487 e. The van der Waals surface area contributed by atoms with Crippen molar-refractivity contribution in [1.29, 1.82) is 0 Å². The van der Waals surface area contributed by atoms with Gasteiger partial charge in [0, 0.05) is 36.6 Å². The lowest BCUT2D eigenvalue weighted by atomic mass is 9.66. The van der Waals surface area contributed by atoms with E-state index in [-0.39, 0.29) is 61.0 Å². The first-order chi connectivity index (χ1) is 22.0. The fourth-order valence-electron chi connectivity index (χ4n) is 7.86. The number of hydrogen-bond acceptors (Lipinski definition) is 7. The summed E-state index contributed by atoms with van der Waals surface area (Å²) < 4.78 is 41.0. The van der Waals surface area contributed by atoms with E-state index in [1.54, 1.807) is 28.9 Å². The predicted molar refractivity (Wildman–Crippen MR) is 159 cm³/mol. The Balaban J connectivity index is 1.24. The third-order valence-corrected chi connectivity index (χ3v) is 11.3. The number of rotatable bonds is 9. The minimum atomic E-state index is -2.83. The normalized spacial score (nSPS) is 27.2. The summed E-state index contributed by atoms with van der Waals surface area (Å²) in [7, 11) is 0. The second kappa shape index (κ2) is 11.7. The monoisotopic (exact) mass is 661 g/mol. The number of carboxylic acids is 1. The zero-order chi connectivity index (χ0) is 32.4. The van der Waals surface area contributed by atoms with Gasteiger partial charge in [-0.1, -0.05) is 29.7 Å². The molecule has 7 rings (SSSR count). The number of halogens is 3. The van der Waals surface area contributed by atoms with E-state index in [0.29, 0.717) is 55.1 Å². The highest BCUT2D eigenvalue weighted by molar-refractivity contribution is 6.31. The van der Waals surface area contributed by atoms with Gasteiger partial charge in [0.25, 0.3) is 6.43 Å². The lowest BCUT2D eigenvalue weighted by molar-refractivity contribution is -0.162. The summed E-state index contributed by atoms with van der Waals surface area (Å²) in [5.41, 5.74) is -0.176. The van der Waals surface area contributed by atoms with Crippen LogP contribution in [0.15, 0.2) is 12.1 Å². The zero-order valence-corrected chi connectivity index (χ0v) is 26.5. The molecule has 1 aromatic carbocycles. The summed E-state index contributed by atoms with van der Waals surface area (Å²) in [6, 6.07) is 2.36. The lowest BCUT2D eigenvalue weighted by Gasteiger charge is -2.45. The average molecular weight is 662 g/mol. The van der Waals surface area contributed by atoms with Crippen molar-refractivity contribution < 1.29 is 37.7 Å². The number of ether oxygens (including phenoxy) is 2. The maximum Gasteiger partial charge on any atom is 0.310 e. The number of fused-ring (bicyclic) bond motifs is 1. The number of nitrogens with zero attached hydrogens (tertiary/aromatic N) is 5. The average Bonchev–Trinajstić information content (AvgIpc) is 3.49. The van der Waals surface area contributed by atoms with Gasteiger partial charge >= 0.3 is 5.97 Å². The molecule has 2 saturated carbocycles. The Morgan fingerprint density at radius 1 is 1.22 bits per heavy atom. The Bertz CT molecular complexity index is 1560. The molecule has 5 aliphatic rings. The standard InChI is InChI=1S/C32H38ClF2N5O6/c1-31(30(43)44)8-3-2-4-20(31)29(42)39-11-7-19-21(33)5-6-24(26(19)23(39)13-38-17-32(9-10-32)12-25(38)41)46-16-22-27(28(34)35)40(37-36-22)18-14-45-15-18/h5-6,18,20,23,28H,2-4,7-17H2,1H3,(H,43,44)/t20-,23+,31-/m0/s1. The van der Waals surface area contributed by atoms with Crippen molar-refractivity contribution in [3.8, 4) is 5.75 Å². The van der Waals surface area contributed by atoms with Crippen LogP contribution in [-0.4, -0.2) is 80.5 Å². The number of carbonyl (C=O) groups excluding carboxylic acids is 2. The molecule has 2 aliphatic carbocycles. The number of alkyl halides is 2. The maximum atomic E-state index is 14.5. The smallest absolute Gasteiger partial charge is 0.310 e. The molecule has 11 nitrogen and oxygen atoms in total. The van der Waals surface area contributed by atoms with E-state index in [0.717, 1.165) is 31.2 Å². The fraction of sp³-hybridized carbons (Fsp3) is 0.656. The molecule has 248 valence electrons. The molecule has 14 heteroatoms. The molecular weight excluding hydrogens is 624 g/mol. The minimum Gasteiger partial charge on any atom is -0.487 e. The van der Waals surface area contributed by atoms with Crippen molar-refractivity contribution in [2.24, 2.45) is 16.7 Å². The summed E-state index contributed by atoms with van der Waals surface area (Å²) in [5.74, 6) is -1.61. The molecule has 2 amide bonds. The van der Waals surface area contributed by atoms with Gasteiger partial charge in [-0.3, -0.25) is 14.4 Å². The van der Waals surface area contributed by atoms with Gasteiger partial charge in [-0.25, -0.2) is 13.5 Å². The highest BCUT2D eigenvalue weighted by Gasteiger charge is 2.54. The van der Waals surface area contributed by atoms with Gasteiger partial charge in [0.15, 0.2) is 0 Å². The Morgan fingerprint density at radius 2 is 2.00 bits per heavy atom. The molecule has 3 aliphatic heterocycles. The number of benzene rings is 1. The molecule has 0 radical (unpaired) electrons. The van der Waals surface area contributed by atoms with Gasteiger partial charge in [-0.2, -0.15) is 0 Å². The molecular formula is C32H38ClF2N5O6. The third kappa shape index (κ3) is 5.32. The highest BCUT2D eigenvalue weighted by Crippen LogP contribution is 2.54. The number of aliphatic carboxylic acids is 1. The molecule has 2 saturated heterocycles. The maximum absolute atomic E-state index is 14.5. The Hall–Kier alpha value is -3.32. The summed E-state index contributed by atoms with van der Waals surface area (Å²) in [4.78, 5) is 43.7. The van der Waals surface area contributed by atoms with Crippen LogP contribution >= 0.6 is 11.6 Å². The van der Waals surface area contributed by atoms with Crippen molar-refractivity contribution in [2.75, 3.05) is 32.8 Å². The van der Waals surface area contributed by atoms with Crippen LogP contribution in [0.4, 0.5) is 8.78 Å². The van der Waals surface area contributed by atoms with Crippen LogP contribution < -0.4 is 4.74 Å². The van der Waals surface area contributed by atoms with Crippen LogP contribution in [0.1, 0.15) is 92.9 Å². The van der Waals surface area contributed by atoms with E-state index in [1.165, 1.54) is 4.68 Å². The van der Waals surface area contributed by atoms with Gasteiger partial charge in [-0.15, -0.1) is 5.10 Å². The molecule has 4 heterocycles. The molecule has 0 bridgehead atoms. The second-order valence-corrected chi connectivity index (χ2v) is 14.3. The van der Waals surface area contributed by atoms with Crippen molar-refractivity contribution in [1.82, 2.24) is 24.8 Å². The Kier molecular flexibility index (Phi) is 7.98. The first kappa shape index (κ1) is 31.3. The van der Waals surface area contributed by atoms with Crippen LogP contribution in [0.3, 0.4) is 0 Å². The summed E-state index contributed by atoms with van der Waals surface area (Å²) in [6.07, 6.45) is 2.35. The van der Waals surface area contributed by atoms with Crippen LogP contribution in [0.5, 0.6) is 5.75 Å². The van der Waals surface area contributed by atoms with Gasteiger partial charge in [0.05, 0.1) is 30.6 Å². The number of aromatic nitrogens is 3. The highest BCUT2D eigenvalue weighted by atomic mass is 35.5. The molecule has 46 heavy (non-hydrogen) atoms. The van der Waals surface area contributed by atoms with Crippen LogP contribution in [-0.2, 0) is 32.1 Å². The number of hydrogen-bond donors (Lipinski definition) is 1. The fourth-order valence-corrected chi connectivity index (χ4v) is 8.12. The molecule has 1 aromatic heterocycles. The van der Waals surface area contributed by atoms with Gasteiger partial charge in [-0.05, 0) is 62.1 Å². The van der Waals surface area contributed by atoms with Crippen LogP contribution in [0, 0.1) is 16.7 Å². The number of carbonyl (C=O) groups is 3. The van der Waals surface area contributed by atoms with E-state index in [1.807, 2.05) is 0 Å². The second-order valence-electron chi connectivity index (χ2n) is 13.9. The summed E-state index contributed by atoms with van der Waals surface area (Å²) in [5, 5.41) is 18.7. The zero-order valence-electron chi connectivity index (χ0n) is 25.7. The van der Waals surface area contributed by atoms with Crippen molar-refractivity contribution in [3.05, 3.63) is 39.7 Å². The Labute approximate surface area is 270 Å². The molecule has 0 unspecified atom stereocenters. The SMILES string of the molecule is C[C@]1(C(=O)O)CCCC[C@H]1C(=O)N1CCc2c(Cl)ccc(OCc3nnn(C4COC4)c3C(F)F)c2[C@H]1CN1CC2(CC2)CC1=O. The van der Waals surface area contributed by atoms with E-state index in [2.05, 4.69) is 10.3 Å². The molecule has 3 atom stereocenters. The number of carboxylic acid groups (broad SMARTS) is 1. The Morgan fingerprint density at radius 3 is 2.65 bits per heavy atom. The molecule has 1 spiro atoms. The van der Waals surface area contributed by atoms with Crippen LogP contribution in [0.25, 0.3) is 0 Å². The topological polar surface area (TPSA) is 127 Å². The van der Waals surface area contributed by atoms with E-state index in [4.69, 9.17) is 21.1 Å². The number of likely N-dealkylation sites (tertiary alicyclic amines) is 1. The van der Waals surface area contributed by atoms with Crippen molar-refractivity contribution >= 4 is 29.4 Å². The molecule has 2 aromatic rings. The predicted octanol–water partition coefficient (Wildman–Crippen LogP) is 4.74. The van der Waals surface area contributed by atoms with Crippen LogP contribution in [0.2, 0.25) is 5.02 Å². The van der Waals surface area contributed by atoms with Crippen molar-refractivity contribution in [2.45, 2.75) is 83.4 Å². The van der Waals surface area contributed by atoms with Gasteiger partial charge in [0.2, 0.25) is 11.8 Å². The van der Waals surface area contributed by atoms with E-state index >= 15 is 0 Å². The van der Waals surface area contributed by atoms with Gasteiger partial charge in [0.1, 0.15) is 29.8 Å². The number of amides is 2. The minimum absolute atomic E-state index is 0.00396. The molecule has 1 N–H and O–H groups in total. The quantitative estimate of drug-likeness (QED) is 0.409. The van der Waals surface area contributed by atoms with Gasteiger partial charge < -0.3 is 24.4 Å².